The fourth-order valence-electron chi connectivity index (χ4n) is 1.86. The molecule has 2 N–H and O–H groups in total. The van der Waals surface area contributed by atoms with Crippen molar-refractivity contribution in [2.75, 3.05) is 17.2 Å². The van der Waals surface area contributed by atoms with Gasteiger partial charge in [0.05, 0.1) is 4.47 Å². The average Bonchev–Trinajstić information content (AvgIpc) is 2.54. The summed E-state index contributed by atoms with van der Waals surface area (Å²) in [6.45, 7) is 1.66. The summed E-state index contributed by atoms with van der Waals surface area (Å²) in [5.41, 5.74) is 1.23. The number of carbonyl (C=O) groups excluding carboxylic acids is 2. The van der Waals surface area contributed by atoms with Crippen LogP contribution in [-0.2, 0) is 9.59 Å². The van der Waals surface area contributed by atoms with E-state index in [2.05, 4.69) is 42.5 Å². The van der Waals surface area contributed by atoms with Crippen LogP contribution in [0.4, 0.5) is 11.4 Å². The zero-order valence-electron chi connectivity index (χ0n) is 12.9. The van der Waals surface area contributed by atoms with E-state index in [1.54, 1.807) is 37.3 Å². The van der Waals surface area contributed by atoms with Crippen molar-refractivity contribution in [1.29, 1.82) is 0 Å². The minimum atomic E-state index is -0.288. The second-order valence-electron chi connectivity index (χ2n) is 4.89. The van der Waals surface area contributed by atoms with Gasteiger partial charge in [0.15, 0.2) is 6.61 Å². The van der Waals surface area contributed by atoms with Crippen molar-refractivity contribution >= 4 is 55.0 Å². The highest BCUT2D eigenvalue weighted by atomic mass is 79.9. The molecule has 126 valence electrons. The van der Waals surface area contributed by atoms with Crippen molar-refractivity contribution in [2.24, 2.45) is 0 Å². The number of hydrogen-bond donors (Lipinski definition) is 2. The number of nitrogens with one attached hydrogen (secondary N) is 2. The average molecular weight is 456 g/mol. The van der Waals surface area contributed by atoms with Crippen molar-refractivity contribution in [1.82, 2.24) is 0 Å². The van der Waals surface area contributed by atoms with Gasteiger partial charge in [-0.1, -0.05) is 28.9 Å². The summed E-state index contributed by atoms with van der Waals surface area (Å²) in [5, 5.41) is 5.48. The molecule has 7 heteroatoms. The first-order chi connectivity index (χ1) is 11.5. The number of rotatable bonds is 6. The third kappa shape index (κ3) is 5.65. The number of benzene rings is 2. The van der Waals surface area contributed by atoms with Crippen LogP contribution >= 0.6 is 31.9 Å². The molecule has 0 aliphatic carbocycles. The van der Waals surface area contributed by atoms with E-state index >= 15 is 0 Å². The summed E-state index contributed by atoms with van der Waals surface area (Å²) in [7, 11) is 0. The van der Waals surface area contributed by atoms with Gasteiger partial charge in [0.1, 0.15) is 5.75 Å². The maximum absolute atomic E-state index is 12.0. The van der Waals surface area contributed by atoms with Gasteiger partial charge >= 0.3 is 0 Å². The summed E-state index contributed by atoms with van der Waals surface area (Å²) in [6.07, 6.45) is 0.395. The van der Waals surface area contributed by atoms with Gasteiger partial charge in [0.25, 0.3) is 5.91 Å². The molecule has 0 aliphatic heterocycles. The van der Waals surface area contributed by atoms with Crippen LogP contribution in [0, 0.1) is 0 Å². The van der Waals surface area contributed by atoms with Crippen LogP contribution in [-0.4, -0.2) is 18.4 Å². The van der Waals surface area contributed by atoms with Crippen LogP contribution in [0.1, 0.15) is 13.3 Å². The van der Waals surface area contributed by atoms with E-state index in [0.717, 1.165) is 8.95 Å². The van der Waals surface area contributed by atoms with Crippen LogP contribution in [0.25, 0.3) is 0 Å². The quantitative estimate of drug-likeness (QED) is 0.669. The standard InChI is InChI=1S/C17H16Br2N2O3/c1-2-16(22)20-12-4-3-5-13(9-12)21-17(23)10-24-15-7-6-11(18)8-14(15)19/h3-9H,2,10H2,1H3,(H,20,22)(H,21,23). The number of anilines is 2. The maximum Gasteiger partial charge on any atom is 0.262 e. The van der Waals surface area contributed by atoms with Crippen LogP contribution < -0.4 is 15.4 Å². The molecular weight excluding hydrogens is 440 g/mol. The molecule has 2 aromatic rings. The third-order valence-corrected chi connectivity index (χ3v) is 4.12. The molecule has 0 atom stereocenters. The Bertz CT molecular complexity index is 750. The van der Waals surface area contributed by atoms with E-state index in [1.807, 2.05) is 12.1 Å². The smallest absolute Gasteiger partial charge is 0.262 e. The molecule has 0 saturated heterocycles. The predicted molar refractivity (Wildman–Crippen MR) is 101 cm³/mol. The Morgan fingerprint density at radius 2 is 1.67 bits per heavy atom. The Morgan fingerprint density at radius 1 is 1.00 bits per heavy atom. The van der Waals surface area contributed by atoms with Crippen molar-refractivity contribution in [3.05, 3.63) is 51.4 Å². The number of amides is 2. The van der Waals surface area contributed by atoms with Crippen molar-refractivity contribution in [2.45, 2.75) is 13.3 Å². The Hall–Kier alpha value is -1.86. The van der Waals surface area contributed by atoms with Crippen molar-refractivity contribution < 1.29 is 14.3 Å². The fourth-order valence-corrected chi connectivity index (χ4v) is 3.02. The first-order valence-corrected chi connectivity index (χ1v) is 8.84. The molecular formula is C17H16Br2N2O3. The van der Waals surface area contributed by atoms with Crippen LogP contribution in [0.2, 0.25) is 0 Å². The molecule has 24 heavy (non-hydrogen) atoms. The zero-order chi connectivity index (χ0) is 17.5. The molecule has 0 aromatic heterocycles. The minimum Gasteiger partial charge on any atom is -0.483 e. The Morgan fingerprint density at radius 3 is 2.29 bits per heavy atom. The Kier molecular flexibility index (Phi) is 6.81. The number of halogens is 2. The van der Waals surface area contributed by atoms with Gasteiger partial charge in [-0.2, -0.15) is 0 Å². The van der Waals surface area contributed by atoms with E-state index in [-0.39, 0.29) is 18.4 Å². The predicted octanol–water partition coefficient (Wildman–Crippen LogP) is 4.58. The van der Waals surface area contributed by atoms with Crippen molar-refractivity contribution in [3.63, 3.8) is 0 Å². The van der Waals surface area contributed by atoms with Gasteiger partial charge in [-0.15, -0.1) is 0 Å². The highest BCUT2D eigenvalue weighted by Gasteiger charge is 2.07. The highest BCUT2D eigenvalue weighted by Crippen LogP contribution is 2.28. The van der Waals surface area contributed by atoms with Crippen molar-refractivity contribution in [3.8, 4) is 5.75 Å². The molecule has 0 fully saturated rings. The number of ether oxygens (including phenoxy) is 1. The molecule has 2 rings (SSSR count). The molecule has 0 aliphatic rings. The fraction of sp³-hybridized carbons (Fsp3) is 0.176. The molecule has 0 saturated carbocycles. The van der Waals surface area contributed by atoms with Crippen LogP contribution in [0.5, 0.6) is 5.75 Å². The Labute approximate surface area is 157 Å². The largest absolute Gasteiger partial charge is 0.483 e. The van der Waals surface area contributed by atoms with E-state index in [9.17, 15) is 9.59 Å². The van der Waals surface area contributed by atoms with Crippen LogP contribution in [0.15, 0.2) is 51.4 Å². The van der Waals surface area contributed by atoms with E-state index in [0.29, 0.717) is 23.5 Å². The van der Waals surface area contributed by atoms with Gasteiger partial charge in [-0.3, -0.25) is 9.59 Å². The van der Waals surface area contributed by atoms with Crippen LogP contribution in [0.3, 0.4) is 0 Å². The molecule has 2 amide bonds. The minimum absolute atomic E-state index is 0.0816. The number of hydrogen-bond acceptors (Lipinski definition) is 3. The molecule has 0 bridgehead atoms. The van der Waals surface area contributed by atoms with Gasteiger partial charge in [-0.25, -0.2) is 0 Å². The van der Waals surface area contributed by atoms with Gasteiger partial charge in [0, 0.05) is 22.3 Å². The molecule has 0 unspecified atom stereocenters. The highest BCUT2D eigenvalue weighted by molar-refractivity contribution is 9.11. The maximum atomic E-state index is 12.0. The van der Waals surface area contributed by atoms with E-state index in [1.165, 1.54) is 0 Å². The molecule has 5 nitrogen and oxygen atoms in total. The lowest BCUT2D eigenvalue weighted by atomic mass is 10.2. The SMILES string of the molecule is CCC(=O)Nc1cccc(NC(=O)COc2ccc(Br)cc2Br)c1. The summed E-state index contributed by atoms with van der Waals surface area (Å²) in [6, 6.07) is 12.4. The zero-order valence-corrected chi connectivity index (χ0v) is 16.1. The topological polar surface area (TPSA) is 67.4 Å². The van der Waals surface area contributed by atoms with Gasteiger partial charge in [-0.05, 0) is 52.3 Å². The molecule has 0 spiro atoms. The monoisotopic (exact) mass is 454 g/mol. The van der Waals surface area contributed by atoms with E-state index < -0.39 is 0 Å². The molecule has 0 radical (unpaired) electrons. The Balaban J connectivity index is 1.92. The lowest BCUT2D eigenvalue weighted by Crippen LogP contribution is -2.20. The van der Waals surface area contributed by atoms with Gasteiger partial charge in [0.2, 0.25) is 5.91 Å². The summed E-state index contributed by atoms with van der Waals surface area (Å²) in [5.74, 6) is 0.211. The van der Waals surface area contributed by atoms with Gasteiger partial charge < -0.3 is 15.4 Å². The molecule has 2 aromatic carbocycles. The lowest BCUT2D eigenvalue weighted by molar-refractivity contribution is -0.118. The second-order valence-corrected chi connectivity index (χ2v) is 6.66. The lowest BCUT2D eigenvalue weighted by Gasteiger charge is -2.10. The van der Waals surface area contributed by atoms with E-state index in [4.69, 9.17) is 4.74 Å². The first-order valence-electron chi connectivity index (χ1n) is 7.25. The third-order valence-electron chi connectivity index (χ3n) is 3.00. The first kappa shape index (κ1) is 18.5. The normalized spacial score (nSPS) is 10.1. The number of carbonyl (C=O) groups is 2. The summed E-state index contributed by atoms with van der Waals surface area (Å²) < 4.78 is 7.16. The summed E-state index contributed by atoms with van der Waals surface area (Å²) >= 11 is 6.73. The second kappa shape index (κ2) is 8.84. The molecule has 0 heterocycles. The summed E-state index contributed by atoms with van der Waals surface area (Å²) in [4.78, 5) is 23.4.